The molecule has 132 valence electrons. The van der Waals surface area contributed by atoms with Gasteiger partial charge < -0.3 is 21.1 Å². The van der Waals surface area contributed by atoms with Crippen molar-refractivity contribution in [2.75, 3.05) is 25.0 Å². The van der Waals surface area contributed by atoms with Crippen molar-refractivity contribution in [3.63, 3.8) is 0 Å². The van der Waals surface area contributed by atoms with Gasteiger partial charge in [0, 0.05) is 37.7 Å². The van der Waals surface area contributed by atoms with Gasteiger partial charge in [-0.2, -0.15) is 0 Å². The van der Waals surface area contributed by atoms with Gasteiger partial charge in [0.05, 0.1) is 16.7 Å². The molecule has 0 spiro atoms. The molecule has 1 aliphatic rings. The van der Waals surface area contributed by atoms with Gasteiger partial charge in [0.15, 0.2) is 0 Å². The molecule has 0 aromatic heterocycles. The molecule has 2 amide bonds. The van der Waals surface area contributed by atoms with Crippen LogP contribution in [-0.4, -0.2) is 42.7 Å². The summed E-state index contributed by atoms with van der Waals surface area (Å²) in [5.41, 5.74) is 0.845. The van der Waals surface area contributed by atoms with Crippen LogP contribution in [0.4, 0.5) is 5.69 Å². The molecule has 2 rings (SSSR count). The number of nitrogens with one attached hydrogen (secondary N) is 3. The molecule has 7 heteroatoms. The Labute approximate surface area is 147 Å². The fourth-order valence-corrected chi connectivity index (χ4v) is 2.81. The SMILES string of the molecule is CC(C)CC(=O)Nc1ccc(Cl)c(C(=O)NCC2CNCC2O)c1. The summed E-state index contributed by atoms with van der Waals surface area (Å²) in [6.45, 7) is 5.51. The number of aliphatic hydroxyl groups is 1. The van der Waals surface area contributed by atoms with Crippen LogP contribution in [0.3, 0.4) is 0 Å². The van der Waals surface area contributed by atoms with Crippen LogP contribution in [0.2, 0.25) is 5.02 Å². The van der Waals surface area contributed by atoms with Gasteiger partial charge in [-0.25, -0.2) is 0 Å². The first-order chi connectivity index (χ1) is 11.4. The lowest BCUT2D eigenvalue weighted by atomic mass is 10.1. The molecule has 1 saturated heterocycles. The van der Waals surface area contributed by atoms with E-state index in [2.05, 4.69) is 16.0 Å². The summed E-state index contributed by atoms with van der Waals surface area (Å²) in [7, 11) is 0. The van der Waals surface area contributed by atoms with E-state index >= 15 is 0 Å². The number of carbonyl (C=O) groups is 2. The van der Waals surface area contributed by atoms with Crippen LogP contribution < -0.4 is 16.0 Å². The van der Waals surface area contributed by atoms with Crippen molar-refractivity contribution >= 4 is 29.1 Å². The Hall–Kier alpha value is -1.63. The molecule has 0 aliphatic carbocycles. The number of β-amino-alcohol motifs (C(OH)–C–C–N with tert-alkyl or cyclic N) is 1. The van der Waals surface area contributed by atoms with Crippen LogP contribution in [-0.2, 0) is 4.79 Å². The Morgan fingerprint density at radius 1 is 1.38 bits per heavy atom. The Morgan fingerprint density at radius 3 is 2.75 bits per heavy atom. The molecular weight excluding hydrogens is 330 g/mol. The minimum Gasteiger partial charge on any atom is -0.391 e. The van der Waals surface area contributed by atoms with Crippen LogP contribution in [0.25, 0.3) is 0 Å². The minimum atomic E-state index is -0.456. The second-order valence-electron chi connectivity index (χ2n) is 6.54. The van der Waals surface area contributed by atoms with Crippen molar-refractivity contribution < 1.29 is 14.7 Å². The van der Waals surface area contributed by atoms with E-state index in [1.165, 1.54) is 0 Å². The summed E-state index contributed by atoms with van der Waals surface area (Å²) in [5.74, 6) is -0.175. The zero-order valence-corrected chi connectivity index (χ0v) is 14.7. The van der Waals surface area contributed by atoms with Gasteiger partial charge in [-0.05, 0) is 24.1 Å². The molecule has 2 unspecified atom stereocenters. The van der Waals surface area contributed by atoms with Gasteiger partial charge in [-0.15, -0.1) is 0 Å². The molecule has 2 atom stereocenters. The van der Waals surface area contributed by atoms with Gasteiger partial charge >= 0.3 is 0 Å². The third kappa shape index (κ3) is 5.19. The summed E-state index contributed by atoms with van der Waals surface area (Å²) >= 11 is 6.10. The van der Waals surface area contributed by atoms with E-state index in [9.17, 15) is 14.7 Å². The maximum Gasteiger partial charge on any atom is 0.252 e. The van der Waals surface area contributed by atoms with Gasteiger partial charge in [0.2, 0.25) is 5.91 Å². The van der Waals surface area contributed by atoms with Crippen molar-refractivity contribution in [1.82, 2.24) is 10.6 Å². The van der Waals surface area contributed by atoms with Crippen LogP contribution >= 0.6 is 11.6 Å². The Bertz CT molecular complexity index is 607. The zero-order chi connectivity index (χ0) is 17.7. The predicted molar refractivity (Wildman–Crippen MR) is 94.2 cm³/mol. The third-order valence-electron chi connectivity index (χ3n) is 3.92. The second kappa shape index (κ2) is 8.46. The molecule has 0 bridgehead atoms. The van der Waals surface area contributed by atoms with Crippen molar-refractivity contribution in [2.45, 2.75) is 26.4 Å². The highest BCUT2D eigenvalue weighted by Gasteiger charge is 2.25. The third-order valence-corrected chi connectivity index (χ3v) is 4.25. The topological polar surface area (TPSA) is 90.5 Å². The average molecular weight is 354 g/mol. The van der Waals surface area contributed by atoms with Crippen LogP contribution in [0.5, 0.6) is 0 Å². The number of anilines is 1. The largest absolute Gasteiger partial charge is 0.391 e. The molecule has 1 heterocycles. The number of hydrogen-bond donors (Lipinski definition) is 4. The number of rotatable bonds is 6. The van der Waals surface area contributed by atoms with E-state index in [4.69, 9.17) is 11.6 Å². The number of aliphatic hydroxyl groups excluding tert-OH is 1. The maximum atomic E-state index is 12.3. The molecule has 0 radical (unpaired) electrons. The van der Waals surface area contributed by atoms with E-state index in [0.29, 0.717) is 42.3 Å². The zero-order valence-electron chi connectivity index (χ0n) is 13.9. The molecule has 1 aliphatic heterocycles. The molecule has 1 fully saturated rings. The number of hydrogen-bond acceptors (Lipinski definition) is 4. The van der Waals surface area contributed by atoms with Gasteiger partial charge in [-0.1, -0.05) is 25.4 Å². The lowest BCUT2D eigenvalue weighted by molar-refractivity contribution is -0.116. The van der Waals surface area contributed by atoms with Crippen molar-refractivity contribution in [1.29, 1.82) is 0 Å². The predicted octanol–water partition coefficient (Wildman–Crippen LogP) is 1.63. The summed E-state index contributed by atoms with van der Waals surface area (Å²) in [5, 5.41) is 18.7. The van der Waals surface area contributed by atoms with Crippen molar-refractivity contribution in [3.05, 3.63) is 28.8 Å². The molecule has 1 aromatic carbocycles. The highest BCUT2D eigenvalue weighted by molar-refractivity contribution is 6.34. The van der Waals surface area contributed by atoms with E-state index in [1.807, 2.05) is 13.8 Å². The molecule has 0 saturated carbocycles. The second-order valence-corrected chi connectivity index (χ2v) is 6.94. The highest BCUT2D eigenvalue weighted by atomic mass is 35.5. The average Bonchev–Trinajstić information content (AvgIpc) is 2.91. The Kier molecular flexibility index (Phi) is 6.60. The van der Waals surface area contributed by atoms with E-state index in [-0.39, 0.29) is 23.7 Å². The summed E-state index contributed by atoms with van der Waals surface area (Å²) < 4.78 is 0. The lowest BCUT2D eigenvalue weighted by Gasteiger charge is -2.15. The summed E-state index contributed by atoms with van der Waals surface area (Å²) in [6.07, 6.45) is -0.0427. The Morgan fingerprint density at radius 2 is 2.12 bits per heavy atom. The van der Waals surface area contributed by atoms with E-state index < -0.39 is 6.10 Å². The van der Waals surface area contributed by atoms with Crippen molar-refractivity contribution in [3.8, 4) is 0 Å². The summed E-state index contributed by atoms with van der Waals surface area (Å²) in [4.78, 5) is 24.2. The fraction of sp³-hybridized carbons (Fsp3) is 0.529. The van der Waals surface area contributed by atoms with Crippen LogP contribution in [0.1, 0.15) is 30.6 Å². The van der Waals surface area contributed by atoms with Crippen LogP contribution in [0.15, 0.2) is 18.2 Å². The Balaban J connectivity index is 1.99. The normalized spacial score (nSPS) is 20.2. The van der Waals surface area contributed by atoms with Crippen molar-refractivity contribution in [2.24, 2.45) is 11.8 Å². The summed E-state index contributed by atoms with van der Waals surface area (Å²) in [6, 6.07) is 4.83. The quantitative estimate of drug-likeness (QED) is 0.625. The highest BCUT2D eigenvalue weighted by Crippen LogP contribution is 2.21. The number of carbonyl (C=O) groups excluding carboxylic acids is 2. The number of amides is 2. The molecular formula is C17H24ClN3O3. The fourth-order valence-electron chi connectivity index (χ4n) is 2.61. The number of benzene rings is 1. The van der Waals surface area contributed by atoms with Gasteiger partial charge in [0.1, 0.15) is 0 Å². The molecule has 24 heavy (non-hydrogen) atoms. The number of halogens is 1. The maximum absolute atomic E-state index is 12.3. The van der Waals surface area contributed by atoms with Gasteiger partial charge in [-0.3, -0.25) is 9.59 Å². The monoisotopic (exact) mass is 353 g/mol. The smallest absolute Gasteiger partial charge is 0.252 e. The molecule has 4 N–H and O–H groups in total. The standard InChI is InChI=1S/C17H24ClN3O3/c1-10(2)5-16(23)21-12-3-4-14(18)13(6-12)17(24)20-8-11-7-19-9-15(11)22/h3-4,6,10-11,15,19,22H,5,7-9H2,1-2H3,(H,20,24)(H,21,23). The van der Waals surface area contributed by atoms with E-state index in [0.717, 1.165) is 0 Å². The van der Waals surface area contributed by atoms with Crippen LogP contribution in [0, 0.1) is 11.8 Å². The first-order valence-corrected chi connectivity index (χ1v) is 8.51. The first kappa shape index (κ1) is 18.7. The molecule has 6 nitrogen and oxygen atoms in total. The molecule has 1 aromatic rings. The first-order valence-electron chi connectivity index (χ1n) is 8.13. The van der Waals surface area contributed by atoms with E-state index in [1.54, 1.807) is 18.2 Å². The van der Waals surface area contributed by atoms with Gasteiger partial charge in [0.25, 0.3) is 5.91 Å². The minimum absolute atomic E-state index is 0.0124. The lowest BCUT2D eigenvalue weighted by Crippen LogP contribution is -2.34.